The second kappa shape index (κ2) is 9.06. The lowest BCUT2D eigenvalue weighted by Gasteiger charge is -2.17. The second-order valence-electron chi connectivity index (χ2n) is 7.79. The first kappa shape index (κ1) is 21.3. The van der Waals surface area contributed by atoms with Crippen molar-refractivity contribution >= 4 is 22.9 Å². The van der Waals surface area contributed by atoms with Crippen LogP contribution in [0.1, 0.15) is 50.6 Å². The molecule has 3 aromatic carbocycles. The number of fused-ring (bicyclic) bond motifs is 1. The van der Waals surface area contributed by atoms with Gasteiger partial charge in [-0.05, 0) is 55.8 Å². The van der Waals surface area contributed by atoms with Crippen LogP contribution in [0.5, 0.6) is 0 Å². The zero-order valence-corrected chi connectivity index (χ0v) is 18.3. The molecule has 0 unspecified atom stereocenters. The number of esters is 1. The van der Waals surface area contributed by atoms with Crippen molar-refractivity contribution in [1.29, 1.82) is 0 Å². The van der Waals surface area contributed by atoms with Crippen molar-refractivity contribution in [2.75, 3.05) is 7.11 Å². The van der Waals surface area contributed by atoms with Crippen molar-refractivity contribution in [1.82, 2.24) is 14.9 Å². The Labute approximate surface area is 186 Å². The molecule has 6 nitrogen and oxygen atoms in total. The molecule has 32 heavy (non-hydrogen) atoms. The minimum Gasteiger partial charge on any atom is -0.465 e. The zero-order valence-electron chi connectivity index (χ0n) is 18.3. The molecule has 4 rings (SSSR count). The van der Waals surface area contributed by atoms with Crippen LogP contribution in [0.2, 0.25) is 0 Å². The maximum Gasteiger partial charge on any atom is 0.337 e. The molecule has 1 heterocycles. The summed E-state index contributed by atoms with van der Waals surface area (Å²) in [4.78, 5) is 29.3. The van der Waals surface area contributed by atoms with Gasteiger partial charge in [-0.15, -0.1) is 0 Å². The average molecular weight is 428 g/mol. The maximum absolute atomic E-state index is 12.8. The van der Waals surface area contributed by atoms with Crippen LogP contribution < -0.4 is 5.32 Å². The number of para-hydroxylation sites is 2. The Balaban J connectivity index is 1.63. The van der Waals surface area contributed by atoms with E-state index in [9.17, 15) is 9.59 Å². The highest BCUT2D eigenvalue weighted by Crippen LogP contribution is 2.23. The van der Waals surface area contributed by atoms with E-state index in [0.29, 0.717) is 17.7 Å². The minimum absolute atomic E-state index is 0.140. The number of benzene rings is 3. The van der Waals surface area contributed by atoms with Crippen LogP contribution >= 0.6 is 0 Å². The average Bonchev–Trinajstić information content (AvgIpc) is 3.18. The van der Waals surface area contributed by atoms with Gasteiger partial charge in [0.15, 0.2) is 0 Å². The molecule has 0 fully saturated rings. The molecule has 6 heteroatoms. The molecule has 0 radical (unpaired) electrons. The number of hydrogen-bond donors (Lipinski definition) is 1. The first-order chi connectivity index (χ1) is 15.5. The molecule has 0 saturated heterocycles. The topological polar surface area (TPSA) is 73.2 Å². The Bertz CT molecular complexity index is 1260. The molecular weight excluding hydrogens is 402 g/mol. The van der Waals surface area contributed by atoms with Gasteiger partial charge >= 0.3 is 5.97 Å². The number of imidazole rings is 1. The fraction of sp³-hybridized carbons (Fsp3) is 0.192. The molecule has 0 aliphatic rings. The van der Waals surface area contributed by atoms with Crippen molar-refractivity contribution < 1.29 is 14.3 Å². The number of rotatable bonds is 6. The van der Waals surface area contributed by atoms with Crippen LogP contribution in [-0.2, 0) is 11.3 Å². The lowest BCUT2D eigenvalue weighted by atomic mass is 10.1. The van der Waals surface area contributed by atoms with E-state index in [1.807, 2.05) is 74.5 Å². The van der Waals surface area contributed by atoms with Crippen LogP contribution in [-0.4, -0.2) is 28.5 Å². The summed E-state index contributed by atoms with van der Waals surface area (Å²) in [5.74, 6) is 0.264. The first-order valence-corrected chi connectivity index (χ1v) is 10.5. The summed E-state index contributed by atoms with van der Waals surface area (Å²) in [5.41, 5.74) is 5.09. The summed E-state index contributed by atoms with van der Waals surface area (Å²) in [6.07, 6.45) is 0. The fourth-order valence-corrected chi connectivity index (χ4v) is 3.69. The summed E-state index contributed by atoms with van der Waals surface area (Å²) in [7, 11) is 1.37. The number of ether oxygens (including phenoxy) is 1. The van der Waals surface area contributed by atoms with Gasteiger partial charge in [-0.1, -0.05) is 42.0 Å². The lowest BCUT2D eigenvalue weighted by molar-refractivity contribution is 0.0600. The van der Waals surface area contributed by atoms with Crippen LogP contribution in [0.15, 0.2) is 72.8 Å². The first-order valence-electron chi connectivity index (χ1n) is 10.5. The number of carbonyl (C=O) groups is 2. The summed E-state index contributed by atoms with van der Waals surface area (Å²) in [6.45, 7) is 4.48. The Morgan fingerprint density at radius 1 is 0.969 bits per heavy atom. The van der Waals surface area contributed by atoms with Crippen molar-refractivity contribution in [3.05, 3.63) is 101 Å². The van der Waals surface area contributed by atoms with Gasteiger partial charge in [-0.3, -0.25) is 4.79 Å². The zero-order chi connectivity index (χ0) is 22.7. The van der Waals surface area contributed by atoms with Crippen LogP contribution in [0.25, 0.3) is 11.0 Å². The number of methoxy groups -OCH3 is 1. The second-order valence-corrected chi connectivity index (χ2v) is 7.79. The molecule has 0 bridgehead atoms. The van der Waals surface area contributed by atoms with Gasteiger partial charge in [0.25, 0.3) is 5.91 Å². The summed E-state index contributed by atoms with van der Waals surface area (Å²) < 4.78 is 6.88. The molecule has 0 aliphatic heterocycles. The van der Waals surface area contributed by atoms with Crippen molar-refractivity contribution in [2.45, 2.75) is 26.4 Å². The number of carbonyl (C=O) groups excluding carboxylic acids is 2. The Kier molecular flexibility index (Phi) is 6.03. The number of nitrogens with zero attached hydrogens (tertiary/aromatic N) is 2. The predicted octanol–water partition coefficient (Wildman–Crippen LogP) is 4.67. The van der Waals surface area contributed by atoms with Gasteiger partial charge in [-0.25, -0.2) is 9.78 Å². The molecule has 0 spiro atoms. The van der Waals surface area contributed by atoms with E-state index in [2.05, 4.69) is 9.88 Å². The summed E-state index contributed by atoms with van der Waals surface area (Å²) in [5, 5.41) is 3.07. The number of amides is 1. The largest absolute Gasteiger partial charge is 0.465 e. The van der Waals surface area contributed by atoms with Crippen molar-refractivity contribution in [3.8, 4) is 0 Å². The highest BCUT2D eigenvalue weighted by Gasteiger charge is 2.19. The van der Waals surface area contributed by atoms with Gasteiger partial charge in [0.1, 0.15) is 5.82 Å². The number of hydrogen-bond acceptors (Lipinski definition) is 4. The Morgan fingerprint density at radius 2 is 1.62 bits per heavy atom. The molecule has 4 aromatic rings. The van der Waals surface area contributed by atoms with E-state index in [1.165, 1.54) is 7.11 Å². The quantitative estimate of drug-likeness (QED) is 0.454. The van der Waals surface area contributed by atoms with Crippen molar-refractivity contribution in [3.63, 3.8) is 0 Å². The SMILES string of the molecule is COC(=O)c1ccc(Cn2c([C@@H](C)NC(=O)c3ccc(C)cc3)nc3ccccc32)cc1. The lowest BCUT2D eigenvalue weighted by Crippen LogP contribution is -2.28. The van der Waals surface area contributed by atoms with Gasteiger partial charge < -0.3 is 14.6 Å². The molecule has 162 valence electrons. The van der Waals surface area contributed by atoms with Crippen LogP contribution in [0.4, 0.5) is 0 Å². The fourth-order valence-electron chi connectivity index (χ4n) is 3.69. The van der Waals surface area contributed by atoms with Crippen molar-refractivity contribution in [2.24, 2.45) is 0 Å². The minimum atomic E-state index is -0.363. The third kappa shape index (κ3) is 4.39. The van der Waals surface area contributed by atoms with E-state index in [0.717, 1.165) is 28.0 Å². The number of aryl methyl sites for hydroxylation is 1. The molecular formula is C26H25N3O3. The standard InChI is InChI=1S/C26H25N3O3/c1-17-8-12-20(13-9-17)25(30)27-18(2)24-28-22-6-4-5-7-23(22)29(24)16-19-10-14-21(15-11-19)26(31)32-3/h4-15,18H,16H2,1-3H3,(H,27,30)/t18-/m1/s1. The number of aromatic nitrogens is 2. The van der Waals surface area contributed by atoms with E-state index >= 15 is 0 Å². The normalized spacial score (nSPS) is 11.8. The molecule has 1 N–H and O–H groups in total. The Morgan fingerprint density at radius 3 is 2.31 bits per heavy atom. The van der Waals surface area contributed by atoms with Gasteiger partial charge in [-0.2, -0.15) is 0 Å². The smallest absolute Gasteiger partial charge is 0.337 e. The molecule has 1 amide bonds. The van der Waals surface area contributed by atoms with Gasteiger partial charge in [0.2, 0.25) is 0 Å². The molecule has 0 aliphatic carbocycles. The van der Waals surface area contributed by atoms with Gasteiger partial charge in [0, 0.05) is 12.1 Å². The highest BCUT2D eigenvalue weighted by atomic mass is 16.5. The van der Waals surface area contributed by atoms with Crippen LogP contribution in [0, 0.1) is 6.92 Å². The summed E-state index contributed by atoms with van der Waals surface area (Å²) >= 11 is 0. The monoisotopic (exact) mass is 427 g/mol. The third-order valence-corrected chi connectivity index (χ3v) is 5.45. The van der Waals surface area contributed by atoms with E-state index < -0.39 is 0 Å². The summed E-state index contributed by atoms with van der Waals surface area (Å²) in [6, 6.07) is 22.4. The highest BCUT2D eigenvalue weighted by molar-refractivity contribution is 5.94. The van der Waals surface area contributed by atoms with E-state index in [4.69, 9.17) is 9.72 Å². The molecule has 1 aromatic heterocycles. The molecule has 1 atom stereocenters. The Hall–Kier alpha value is -3.93. The van der Waals surface area contributed by atoms with E-state index in [-0.39, 0.29) is 17.9 Å². The maximum atomic E-state index is 12.8. The third-order valence-electron chi connectivity index (χ3n) is 5.45. The van der Waals surface area contributed by atoms with E-state index in [1.54, 1.807) is 12.1 Å². The number of nitrogens with one attached hydrogen (secondary N) is 1. The van der Waals surface area contributed by atoms with Gasteiger partial charge in [0.05, 0.1) is 29.7 Å². The predicted molar refractivity (Wildman–Crippen MR) is 124 cm³/mol. The molecule has 0 saturated carbocycles. The van der Waals surface area contributed by atoms with Crippen LogP contribution in [0.3, 0.4) is 0 Å².